The fourth-order valence-corrected chi connectivity index (χ4v) is 4.15. The number of hydrogen-bond acceptors (Lipinski definition) is 5. The molecule has 7 heteroatoms. The molecule has 4 rings (SSSR count). The lowest BCUT2D eigenvalue weighted by Crippen LogP contribution is -2.29. The van der Waals surface area contributed by atoms with Crippen LogP contribution in [0.4, 0.5) is 5.13 Å². The van der Waals surface area contributed by atoms with Crippen molar-refractivity contribution < 1.29 is 4.79 Å². The van der Waals surface area contributed by atoms with Gasteiger partial charge in [-0.25, -0.2) is 4.98 Å². The molecule has 0 saturated carbocycles. The van der Waals surface area contributed by atoms with Crippen LogP contribution in [0.1, 0.15) is 34.6 Å². The van der Waals surface area contributed by atoms with E-state index < -0.39 is 0 Å². The largest absolute Gasteiger partial charge is 0.339 e. The predicted octanol–water partition coefficient (Wildman–Crippen LogP) is 4.00. The molecule has 3 aromatic heterocycles. The van der Waals surface area contributed by atoms with Gasteiger partial charge in [0.15, 0.2) is 5.13 Å². The number of piperidine rings is 1. The van der Waals surface area contributed by atoms with Gasteiger partial charge in [-0.05, 0) is 74.8 Å². The SMILES string of the molecule is CN1CCC(/C=C\c2csc(NC(=O)c3cccn3Cc3ccncc3)n2)CC1. The molecule has 1 amide bonds. The lowest BCUT2D eigenvalue weighted by molar-refractivity contribution is 0.101. The van der Waals surface area contributed by atoms with E-state index in [0.717, 1.165) is 24.3 Å². The van der Waals surface area contributed by atoms with E-state index in [-0.39, 0.29) is 5.91 Å². The topological polar surface area (TPSA) is 63.1 Å². The molecule has 1 fully saturated rings. The summed E-state index contributed by atoms with van der Waals surface area (Å²) in [7, 11) is 2.17. The minimum Gasteiger partial charge on any atom is -0.339 e. The zero-order valence-corrected chi connectivity index (χ0v) is 17.3. The van der Waals surface area contributed by atoms with Crippen LogP contribution in [0.25, 0.3) is 6.08 Å². The minimum absolute atomic E-state index is 0.149. The summed E-state index contributed by atoms with van der Waals surface area (Å²) in [6, 6.07) is 7.61. The summed E-state index contributed by atoms with van der Waals surface area (Å²) >= 11 is 1.45. The Bertz CT molecular complexity index is 970. The Morgan fingerprint density at radius 1 is 1.28 bits per heavy atom. The van der Waals surface area contributed by atoms with Crippen LogP contribution < -0.4 is 5.32 Å². The molecular weight excluding hydrogens is 382 g/mol. The second kappa shape index (κ2) is 9.15. The number of allylic oxidation sites excluding steroid dienone is 1. The average molecular weight is 408 g/mol. The molecule has 0 radical (unpaired) electrons. The first-order valence-corrected chi connectivity index (χ1v) is 10.7. The van der Waals surface area contributed by atoms with Crippen molar-refractivity contribution in [1.29, 1.82) is 0 Å². The number of nitrogens with zero attached hydrogens (tertiary/aromatic N) is 4. The number of likely N-dealkylation sites (tertiary alicyclic amines) is 1. The van der Waals surface area contributed by atoms with E-state index in [4.69, 9.17) is 0 Å². The van der Waals surface area contributed by atoms with Crippen LogP contribution in [-0.2, 0) is 6.54 Å². The Kier molecular flexibility index (Phi) is 6.17. The Labute approximate surface area is 174 Å². The zero-order chi connectivity index (χ0) is 20.1. The van der Waals surface area contributed by atoms with Crippen molar-refractivity contribution in [3.8, 4) is 0 Å². The van der Waals surface area contributed by atoms with E-state index in [1.807, 2.05) is 40.4 Å². The van der Waals surface area contributed by atoms with Crippen molar-refractivity contribution in [1.82, 2.24) is 19.4 Å². The molecule has 0 unspecified atom stereocenters. The normalized spacial score (nSPS) is 15.8. The van der Waals surface area contributed by atoms with Crippen molar-refractivity contribution in [2.24, 2.45) is 5.92 Å². The van der Waals surface area contributed by atoms with E-state index in [1.165, 1.54) is 24.2 Å². The van der Waals surface area contributed by atoms with Gasteiger partial charge in [0.2, 0.25) is 0 Å². The zero-order valence-electron chi connectivity index (χ0n) is 16.5. The van der Waals surface area contributed by atoms with Crippen molar-refractivity contribution in [3.05, 3.63) is 71.3 Å². The number of anilines is 1. The molecule has 0 bridgehead atoms. The first-order chi connectivity index (χ1) is 14.2. The second-order valence-corrected chi connectivity index (χ2v) is 8.27. The molecule has 1 saturated heterocycles. The number of hydrogen-bond donors (Lipinski definition) is 1. The average Bonchev–Trinajstić information content (AvgIpc) is 3.38. The smallest absolute Gasteiger partial charge is 0.274 e. The molecule has 0 atom stereocenters. The quantitative estimate of drug-likeness (QED) is 0.671. The van der Waals surface area contributed by atoms with Gasteiger partial charge in [0, 0.05) is 30.5 Å². The van der Waals surface area contributed by atoms with Crippen molar-refractivity contribution >= 4 is 28.5 Å². The number of carbonyl (C=O) groups is 1. The summed E-state index contributed by atoms with van der Waals surface area (Å²) in [5, 5.41) is 5.53. The van der Waals surface area contributed by atoms with Gasteiger partial charge in [-0.1, -0.05) is 6.08 Å². The molecule has 29 heavy (non-hydrogen) atoms. The summed E-state index contributed by atoms with van der Waals surface area (Å²) in [4.78, 5) is 23.7. The van der Waals surface area contributed by atoms with Gasteiger partial charge in [0.1, 0.15) is 5.69 Å². The summed E-state index contributed by atoms with van der Waals surface area (Å²) in [6.07, 6.45) is 12.1. The number of rotatable bonds is 6. The monoisotopic (exact) mass is 407 g/mol. The highest BCUT2D eigenvalue weighted by molar-refractivity contribution is 7.14. The molecule has 1 aliphatic heterocycles. The first-order valence-electron chi connectivity index (χ1n) is 9.85. The standard InChI is InChI=1S/C22H25N5OS/c1-26-13-8-17(9-14-26)4-5-19-16-29-22(24-19)25-21(28)20-3-2-12-27(20)15-18-6-10-23-11-7-18/h2-7,10-12,16-17H,8-9,13-15H2,1H3,(H,24,25,28)/b5-4-. The number of amides is 1. The molecule has 0 aliphatic carbocycles. The summed E-state index contributed by atoms with van der Waals surface area (Å²) < 4.78 is 1.93. The summed E-state index contributed by atoms with van der Waals surface area (Å²) in [6.45, 7) is 2.92. The summed E-state index contributed by atoms with van der Waals surface area (Å²) in [5.41, 5.74) is 2.61. The number of aromatic nitrogens is 3. The maximum atomic E-state index is 12.7. The first kappa shape index (κ1) is 19.5. The summed E-state index contributed by atoms with van der Waals surface area (Å²) in [5.74, 6) is 0.464. The lowest BCUT2D eigenvalue weighted by atomic mass is 9.96. The van der Waals surface area contributed by atoms with Gasteiger partial charge < -0.3 is 9.47 Å². The Morgan fingerprint density at radius 3 is 2.86 bits per heavy atom. The fourth-order valence-electron chi connectivity index (χ4n) is 3.48. The van der Waals surface area contributed by atoms with E-state index in [1.54, 1.807) is 12.4 Å². The second-order valence-electron chi connectivity index (χ2n) is 7.41. The van der Waals surface area contributed by atoms with Crippen LogP contribution >= 0.6 is 11.3 Å². The third-order valence-corrected chi connectivity index (χ3v) is 5.99. The molecule has 0 aromatic carbocycles. The molecular formula is C22H25N5OS. The van der Waals surface area contributed by atoms with Gasteiger partial charge in [-0.3, -0.25) is 15.1 Å². The fraction of sp³-hybridized carbons (Fsp3) is 0.318. The lowest BCUT2D eigenvalue weighted by Gasteiger charge is -2.26. The van der Waals surface area contributed by atoms with Crippen LogP contribution in [0.3, 0.4) is 0 Å². The molecule has 1 aliphatic rings. The Morgan fingerprint density at radius 2 is 2.07 bits per heavy atom. The van der Waals surface area contributed by atoms with Crippen LogP contribution in [0.15, 0.2) is 54.3 Å². The van der Waals surface area contributed by atoms with Crippen LogP contribution in [0.2, 0.25) is 0 Å². The maximum absolute atomic E-state index is 12.7. The van der Waals surface area contributed by atoms with E-state index in [9.17, 15) is 4.79 Å². The van der Waals surface area contributed by atoms with Gasteiger partial charge in [-0.2, -0.15) is 0 Å². The molecule has 150 valence electrons. The number of carbonyl (C=O) groups excluding carboxylic acids is 1. The highest BCUT2D eigenvalue weighted by Crippen LogP contribution is 2.21. The number of pyridine rings is 1. The Balaban J connectivity index is 1.37. The molecule has 0 spiro atoms. The third kappa shape index (κ3) is 5.19. The molecule has 3 aromatic rings. The van der Waals surface area contributed by atoms with E-state index in [0.29, 0.717) is 23.3 Å². The van der Waals surface area contributed by atoms with Crippen molar-refractivity contribution in [2.75, 3.05) is 25.5 Å². The molecule has 6 nitrogen and oxygen atoms in total. The van der Waals surface area contributed by atoms with Crippen molar-refractivity contribution in [2.45, 2.75) is 19.4 Å². The minimum atomic E-state index is -0.149. The third-order valence-electron chi connectivity index (χ3n) is 5.21. The predicted molar refractivity (Wildman–Crippen MR) is 117 cm³/mol. The van der Waals surface area contributed by atoms with Crippen molar-refractivity contribution in [3.63, 3.8) is 0 Å². The van der Waals surface area contributed by atoms with E-state index in [2.05, 4.69) is 39.4 Å². The van der Waals surface area contributed by atoms with Crippen LogP contribution in [0, 0.1) is 5.92 Å². The maximum Gasteiger partial charge on any atom is 0.274 e. The van der Waals surface area contributed by atoms with Crippen LogP contribution in [0.5, 0.6) is 0 Å². The molecule has 4 heterocycles. The van der Waals surface area contributed by atoms with Gasteiger partial charge >= 0.3 is 0 Å². The molecule has 1 N–H and O–H groups in total. The highest BCUT2D eigenvalue weighted by atomic mass is 32.1. The number of thiazole rings is 1. The van der Waals surface area contributed by atoms with Gasteiger partial charge in [-0.15, -0.1) is 11.3 Å². The van der Waals surface area contributed by atoms with Crippen LogP contribution in [-0.4, -0.2) is 45.5 Å². The number of nitrogens with one attached hydrogen (secondary N) is 1. The van der Waals surface area contributed by atoms with Gasteiger partial charge in [0.25, 0.3) is 5.91 Å². The Hall–Kier alpha value is -2.77. The highest BCUT2D eigenvalue weighted by Gasteiger charge is 2.15. The van der Waals surface area contributed by atoms with Gasteiger partial charge in [0.05, 0.1) is 5.69 Å². The van der Waals surface area contributed by atoms with E-state index >= 15 is 0 Å².